The molecule has 0 heterocycles. The molecule has 5 nitrogen and oxygen atoms in total. The summed E-state index contributed by atoms with van der Waals surface area (Å²) in [6.45, 7) is 3.49. The quantitative estimate of drug-likeness (QED) is 0.799. The van der Waals surface area contributed by atoms with Gasteiger partial charge >= 0.3 is 6.09 Å². The molecule has 0 saturated heterocycles. The van der Waals surface area contributed by atoms with E-state index in [-0.39, 0.29) is 5.92 Å². The third kappa shape index (κ3) is 4.61. The first-order valence-corrected chi connectivity index (χ1v) is 6.32. The number of carbonyl (C=O) groups excluding carboxylic acids is 1. The Bertz CT molecular complexity index is 492. The first-order chi connectivity index (χ1) is 8.81. The predicted octanol–water partition coefficient (Wildman–Crippen LogP) is 3.22. The number of benzene rings is 1. The predicted molar refractivity (Wildman–Crippen MR) is 74.9 cm³/mol. The minimum atomic E-state index is -1.25. The third-order valence-electron chi connectivity index (χ3n) is 2.42. The van der Waals surface area contributed by atoms with Gasteiger partial charge in [0.1, 0.15) is 6.04 Å². The lowest BCUT2D eigenvalue weighted by molar-refractivity contribution is -0.118. The van der Waals surface area contributed by atoms with Crippen molar-refractivity contribution in [2.45, 2.75) is 19.9 Å². The highest BCUT2D eigenvalue weighted by molar-refractivity contribution is 6.42. The van der Waals surface area contributed by atoms with Gasteiger partial charge in [0.15, 0.2) is 0 Å². The van der Waals surface area contributed by atoms with E-state index in [1.807, 2.05) is 0 Å². The van der Waals surface area contributed by atoms with Gasteiger partial charge in [0.2, 0.25) is 5.91 Å². The molecule has 0 aliphatic rings. The van der Waals surface area contributed by atoms with E-state index in [0.717, 1.165) is 0 Å². The molecule has 1 atom stereocenters. The highest BCUT2D eigenvalue weighted by Crippen LogP contribution is 2.25. The molecule has 0 saturated carbocycles. The smallest absolute Gasteiger partial charge is 0.405 e. The van der Waals surface area contributed by atoms with Crippen molar-refractivity contribution in [2.75, 3.05) is 5.32 Å². The van der Waals surface area contributed by atoms with Crippen molar-refractivity contribution in [3.63, 3.8) is 0 Å². The fourth-order valence-corrected chi connectivity index (χ4v) is 1.76. The third-order valence-corrected chi connectivity index (χ3v) is 3.15. The van der Waals surface area contributed by atoms with Gasteiger partial charge in [0.25, 0.3) is 0 Å². The molecule has 0 spiro atoms. The summed E-state index contributed by atoms with van der Waals surface area (Å²) in [5, 5.41) is 14.1. The molecule has 0 aliphatic carbocycles. The minimum absolute atomic E-state index is 0.182. The van der Waals surface area contributed by atoms with Crippen LogP contribution in [-0.2, 0) is 4.79 Å². The van der Waals surface area contributed by atoms with Gasteiger partial charge in [-0.05, 0) is 24.1 Å². The first kappa shape index (κ1) is 15.6. The monoisotopic (exact) mass is 304 g/mol. The van der Waals surface area contributed by atoms with Crippen molar-refractivity contribution in [3.8, 4) is 0 Å². The Hall–Kier alpha value is -1.46. The van der Waals surface area contributed by atoms with Crippen LogP contribution in [0, 0.1) is 5.92 Å². The van der Waals surface area contributed by atoms with E-state index in [0.29, 0.717) is 15.7 Å². The van der Waals surface area contributed by atoms with Crippen LogP contribution in [-0.4, -0.2) is 23.1 Å². The number of hydrogen-bond acceptors (Lipinski definition) is 2. The van der Waals surface area contributed by atoms with Crippen LogP contribution in [0.4, 0.5) is 10.5 Å². The Labute approximate surface area is 120 Å². The molecule has 1 aromatic carbocycles. The molecule has 0 bridgehead atoms. The van der Waals surface area contributed by atoms with Crippen molar-refractivity contribution < 1.29 is 14.7 Å². The van der Waals surface area contributed by atoms with Crippen LogP contribution >= 0.6 is 23.2 Å². The second-order valence-corrected chi connectivity index (χ2v) is 5.10. The highest BCUT2D eigenvalue weighted by atomic mass is 35.5. The average Bonchev–Trinajstić information content (AvgIpc) is 2.30. The van der Waals surface area contributed by atoms with Gasteiger partial charge < -0.3 is 15.7 Å². The lowest BCUT2D eigenvalue weighted by Gasteiger charge is -2.20. The Morgan fingerprint density at radius 3 is 2.32 bits per heavy atom. The zero-order valence-corrected chi connectivity index (χ0v) is 11.9. The van der Waals surface area contributed by atoms with Crippen molar-refractivity contribution in [3.05, 3.63) is 28.2 Å². The maximum Gasteiger partial charge on any atom is 0.405 e. The Morgan fingerprint density at radius 2 is 1.84 bits per heavy atom. The van der Waals surface area contributed by atoms with Gasteiger partial charge in [-0.3, -0.25) is 4.79 Å². The number of rotatable bonds is 4. The van der Waals surface area contributed by atoms with E-state index in [1.54, 1.807) is 26.0 Å². The molecule has 0 aliphatic heterocycles. The summed E-state index contributed by atoms with van der Waals surface area (Å²) in [5.41, 5.74) is 0.456. The van der Waals surface area contributed by atoms with E-state index in [4.69, 9.17) is 28.3 Å². The molecular formula is C12H14Cl2N2O3. The summed E-state index contributed by atoms with van der Waals surface area (Å²) in [5.74, 6) is -0.630. The van der Waals surface area contributed by atoms with Crippen LogP contribution < -0.4 is 10.6 Å². The fourth-order valence-electron chi connectivity index (χ4n) is 1.46. The number of halogens is 2. The molecule has 1 unspecified atom stereocenters. The van der Waals surface area contributed by atoms with Crippen LogP contribution in [0.1, 0.15) is 13.8 Å². The summed E-state index contributed by atoms with van der Waals surface area (Å²) < 4.78 is 0. The number of carbonyl (C=O) groups is 2. The van der Waals surface area contributed by atoms with Crippen LogP contribution in [0.2, 0.25) is 10.0 Å². The number of carboxylic acid groups (broad SMARTS) is 1. The minimum Gasteiger partial charge on any atom is -0.465 e. The van der Waals surface area contributed by atoms with E-state index in [2.05, 4.69) is 10.6 Å². The van der Waals surface area contributed by atoms with Gasteiger partial charge in [-0.2, -0.15) is 0 Å². The zero-order valence-electron chi connectivity index (χ0n) is 10.4. The fraction of sp³-hybridized carbons (Fsp3) is 0.333. The van der Waals surface area contributed by atoms with E-state index in [9.17, 15) is 9.59 Å². The maximum absolute atomic E-state index is 12.0. The SMILES string of the molecule is CC(C)C(NC(=O)O)C(=O)Nc1ccc(Cl)c(Cl)c1. The molecule has 0 radical (unpaired) electrons. The van der Waals surface area contributed by atoms with Gasteiger partial charge in [-0.15, -0.1) is 0 Å². The topological polar surface area (TPSA) is 78.4 Å². The Kier molecular flexibility index (Phi) is 5.44. The molecule has 1 aromatic rings. The molecule has 7 heteroatoms. The Balaban J connectivity index is 2.81. The van der Waals surface area contributed by atoms with Crippen molar-refractivity contribution in [1.29, 1.82) is 0 Å². The maximum atomic E-state index is 12.0. The van der Waals surface area contributed by atoms with Gasteiger partial charge in [0, 0.05) is 5.69 Å². The second-order valence-electron chi connectivity index (χ2n) is 4.29. The summed E-state index contributed by atoms with van der Waals surface area (Å²) in [4.78, 5) is 22.6. The van der Waals surface area contributed by atoms with Crippen LogP contribution in [0.25, 0.3) is 0 Å². The molecule has 0 aromatic heterocycles. The Morgan fingerprint density at radius 1 is 1.21 bits per heavy atom. The summed E-state index contributed by atoms with van der Waals surface area (Å²) in [6, 6.07) is 3.80. The molecule has 2 amide bonds. The number of amides is 2. The van der Waals surface area contributed by atoms with Gasteiger partial charge in [0.05, 0.1) is 10.0 Å². The lowest BCUT2D eigenvalue weighted by Crippen LogP contribution is -2.46. The number of hydrogen-bond donors (Lipinski definition) is 3. The molecule has 1 rings (SSSR count). The van der Waals surface area contributed by atoms with Gasteiger partial charge in [-0.1, -0.05) is 37.0 Å². The van der Waals surface area contributed by atoms with E-state index in [1.165, 1.54) is 6.07 Å². The lowest BCUT2D eigenvalue weighted by atomic mass is 10.0. The van der Waals surface area contributed by atoms with Crippen LogP contribution in [0.15, 0.2) is 18.2 Å². The van der Waals surface area contributed by atoms with Gasteiger partial charge in [-0.25, -0.2) is 4.79 Å². The summed E-state index contributed by atoms with van der Waals surface area (Å²) in [6.07, 6.45) is -1.25. The first-order valence-electron chi connectivity index (χ1n) is 5.56. The van der Waals surface area contributed by atoms with Crippen LogP contribution in [0.3, 0.4) is 0 Å². The van der Waals surface area contributed by atoms with E-state index < -0.39 is 18.0 Å². The molecule has 104 valence electrons. The van der Waals surface area contributed by atoms with Crippen LogP contribution in [0.5, 0.6) is 0 Å². The zero-order chi connectivity index (χ0) is 14.6. The molecule has 19 heavy (non-hydrogen) atoms. The second kappa shape index (κ2) is 6.63. The average molecular weight is 305 g/mol. The largest absolute Gasteiger partial charge is 0.465 e. The van der Waals surface area contributed by atoms with Crippen molar-refractivity contribution in [2.24, 2.45) is 5.92 Å². The highest BCUT2D eigenvalue weighted by Gasteiger charge is 2.24. The van der Waals surface area contributed by atoms with Crippen molar-refractivity contribution >= 4 is 40.9 Å². The molecule has 3 N–H and O–H groups in total. The molecule has 0 fully saturated rings. The summed E-state index contributed by atoms with van der Waals surface area (Å²) in [7, 11) is 0. The van der Waals surface area contributed by atoms with Crippen molar-refractivity contribution in [1.82, 2.24) is 5.32 Å². The summed E-state index contributed by atoms with van der Waals surface area (Å²) >= 11 is 11.6. The van der Waals surface area contributed by atoms with E-state index >= 15 is 0 Å². The number of anilines is 1. The molecular weight excluding hydrogens is 291 g/mol. The number of nitrogens with one attached hydrogen (secondary N) is 2. The normalized spacial score (nSPS) is 12.1. The standard InChI is InChI=1S/C12H14Cl2N2O3/c1-6(2)10(16-12(18)19)11(17)15-7-3-4-8(13)9(14)5-7/h3-6,10,16H,1-2H3,(H,15,17)(H,18,19).